The van der Waals surface area contributed by atoms with Crippen LogP contribution in [0.15, 0.2) is 42.9 Å². The van der Waals surface area contributed by atoms with Gasteiger partial charge < -0.3 is 14.7 Å². The van der Waals surface area contributed by atoms with E-state index < -0.39 is 0 Å². The summed E-state index contributed by atoms with van der Waals surface area (Å²) in [6, 6.07) is 10.5. The average Bonchev–Trinajstić information content (AvgIpc) is 2.96. The molecule has 92 valence electrons. The summed E-state index contributed by atoms with van der Waals surface area (Å²) < 4.78 is 4.24. The lowest BCUT2D eigenvalue weighted by atomic mass is 10.3. The highest BCUT2D eigenvalue weighted by atomic mass is 15.1. The van der Waals surface area contributed by atoms with E-state index in [-0.39, 0.29) is 0 Å². The van der Waals surface area contributed by atoms with E-state index in [0.29, 0.717) is 6.54 Å². The zero-order valence-electron chi connectivity index (χ0n) is 10.4. The zero-order chi connectivity index (χ0) is 12.5. The Morgan fingerprint density at radius 3 is 2.94 bits per heavy atom. The van der Waals surface area contributed by atoms with Crippen molar-refractivity contribution in [1.29, 1.82) is 0 Å². The molecule has 0 aromatic carbocycles. The molecule has 0 bridgehead atoms. The van der Waals surface area contributed by atoms with E-state index in [2.05, 4.69) is 46.6 Å². The number of nitrogens with two attached hydrogens (primary N) is 1. The first-order chi connectivity index (χ1) is 8.79. The van der Waals surface area contributed by atoms with Crippen LogP contribution in [0.4, 0.5) is 0 Å². The Balaban J connectivity index is 2.13. The molecule has 18 heavy (non-hydrogen) atoms. The molecule has 0 aliphatic carbocycles. The highest BCUT2D eigenvalue weighted by Crippen LogP contribution is 2.22. The van der Waals surface area contributed by atoms with Crippen molar-refractivity contribution < 1.29 is 0 Å². The number of aryl methyl sites for hydroxylation is 1. The van der Waals surface area contributed by atoms with Gasteiger partial charge in [-0.1, -0.05) is 6.07 Å². The van der Waals surface area contributed by atoms with Crippen molar-refractivity contribution in [1.82, 2.24) is 14.0 Å². The second-order valence-electron chi connectivity index (χ2n) is 4.43. The Kier molecular flexibility index (Phi) is 2.64. The molecule has 0 aliphatic rings. The molecule has 4 nitrogen and oxygen atoms in total. The first kappa shape index (κ1) is 11.0. The van der Waals surface area contributed by atoms with Crippen molar-refractivity contribution in [2.24, 2.45) is 5.73 Å². The van der Waals surface area contributed by atoms with Gasteiger partial charge in [-0.25, -0.2) is 4.98 Å². The molecule has 4 heteroatoms. The van der Waals surface area contributed by atoms with Crippen molar-refractivity contribution in [2.45, 2.75) is 13.5 Å². The lowest BCUT2D eigenvalue weighted by Gasteiger charge is -2.04. The quantitative estimate of drug-likeness (QED) is 0.762. The second kappa shape index (κ2) is 4.31. The topological polar surface area (TPSA) is 48.2 Å². The first-order valence-electron chi connectivity index (χ1n) is 6.09. The molecule has 0 atom stereocenters. The Hall–Kier alpha value is -2.07. The summed E-state index contributed by atoms with van der Waals surface area (Å²) in [5, 5.41) is 0. The second-order valence-corrected chi connectivity index (χ2v) is 4.43. The van der Waals surface area contributed by atoms with E-state index in [0.717, 1.165) is 17.9 Å². The third kappa shape index (κ3) is 1.71. The Bertz CT molecular complexity index is 678. The maximum Gasteiger partial charge on any atom is 0.105 e. The minimum Gasteiger partial charge on any atom is -0.336 e. The number of nitrogens with zero attached hydrogens (tertiary/aromatic N) is 3. The molecule has 0 aliphatic heterocycles. The van der Waals surface area contributed by atoms with Gasteiger partial charge in [0.1, 0.15) is 5.69 Å². The van der Waals surface area contributed by atoms with E-state index in [1.807, 2.05) is 17.1 Å². The van der Waals surface area contributed by atoms with Crippen LogP contribution in [0.25, 0.3) is 16.9 Å². The van der Waals surface area contributed by atoms with Gasteiger partial charge in [0.15, 0.2) is 0 Å². The van der Waals surface area contributed by atoms with Crippen molar-refractivity contribution >= 4 is 5.52 Å². The summed E-state index contributed by atoms with van der Waals surface area (Å²) in [7, 11) is 0. The van der Waals surface area contributed by atoms with Gasteiger partial charge in [-0.05, 0) is 31.2 Å². The van der Waals surface area contributed by atoms with Crippen LogP contribution in [0.1, 0.15) is 5.69 Å². The molecule has 2 N–H and O–H groups in total. The molecule has 0 unspecified atom stereocenters. The van der Waals surface area contributed by atoms with Gasteiger partial charge in [-0.15, -0.1) is 0 Å². The van der Waals surface area contributed by atoms with Crippen molar-refractivity contribution in [3.63, 3.8) is 0 Å². The zero-order valence-corrected chi connectivity index (χ0v) is 10.4. The molecule has 0 amide bonds. The van der Waals surface area contributed by atoms with Gasteiger partial charge in [-0.2, -0.15) is 0 Å². The molecule has 3 heterocycles. The van der Waals surface area contributed by atoms with Gasteiger partial charge in [0.2, 0.25) is 0 Å². The third-order valence-electron chi connectivity index (χ3n) is 3.15. The highest BCUT2D eigenvalue weighted by molar-refractivity contribution is 5.65. The maximum absolute atomic E-state index is 5.55. The van der Waals surface area contributed by atoms with E-state index in [1.54, 1.807) is 0 Å². The Morgan fingerprint density at radius 2 is 2.11 bits per heavy atom. The number of pyridine rings is 1. The summed E-state index contributed by atoms with van der Waals surface area (Å²) in [6.07, 6.45) is 3.88. The van der Waals surface area contributed by atoms with Crippen molar-refractivity contribution in [2.75, 3.05) is 6.54 Å². The lowest BCUT2D eigenvalue weighted by Crippen LogP contribution is -2.07. The summed E-state index contributed by atoms with van der Waals surface area (Å²) >= 11 is 0. The smallest absolute Gasteiger partial charge is 0.105 e. The summed E-state index contributed by atoms with van der Waals surface area (Å²) in [5.41, 5.74) is 10.1. The molecule has 0 saturated heterocycles. The molecule has 0 saturated carbocycles. The van der Waals surface area contributed by atoms with Crippen molar-refractivity contribution in [3.8, 4) is 11.4 Å². The fourth-order valence-electron chi connectivity index (χ4n) is 2.30. The SMILES string of the molecule is Cc1cccc2ccc(-c3cn(CCN)cn3)n12. The molecule has 3 aromatic heterocycles. The molecule has 3 rings (SSSR count). The lowest BCUT2D eigenvalue weighted by molar-refractivity contribution is 0.708. The standard InChI is InChI=1S/C14H16N4/c1-11-3-2-4-12-5-6-14(18(11)12)13-9-17(8-7-15)10-16-13/h2-6,9-10H,7-8,15H2,1H3. The predicted octanol–water partition coefficient (Wildman–Crippen LogP) is 2.07. The predicted molar refractivity (Wildman–Crippen MR) is 72.4 cm³/mol. The van der Waals surface area contributed by atoms with Crippen LogP contribution in [0.2, 0.25) is 0 Å². The van der Waals surface area contributed by atoms with Crippen LogP contribution in [0, 0.1) is 6.92 Å². The van der Waals surface area contributed by atoms with E-state index in [9.17, 15) is 0 Å². The molecular formula is C14H16N4. The van der Waals surface area contributed by atoms with Crippen LogP contribution in [-0.2, 0) is 6.54 Å². The normalized spacial score (nSPS) is 11.2. The van der Waals surface area contributed by atoms with E-state index >= 15 is 0 Å². The van der Waals surface area contributed by atoms with E-state index in [1.165, 1.54) is 11.2 Å². The molecule has 3 aromatic rings. The third-order valence-corrected chi connectivity index (χ3v) is 3.15. The minimum absolute atomic E-state index is 0.629. The van der Waals surface area contributed by atoms with Gasteiger partial charge in [-0.3, -0.25) is 0 Å². The average molecular weight is 240 g/mol. The minimum atomic E-state index is 0.629. The number of hydrogen-bond acceptors (Lipinski definition) is 2. The molecule has 0 spiro atoms. The monoisotopic (exact) mass is 240 g/mol. The van der Waals surface area contributed by atoms with Crippen molar-refractivity contribution in [3.05, 3.63) is 48.5 Å². The van der Waals surface area contributed by atoms with Gasteiger partial charge in [0.05, 0.1) is 12.0 Å². The van der Waals surface area contributed by atoms with Gasteiger partial charge in [0.25, 0.3) is 0 Å². The number of hydrogen-bond donors (Lipinski definition) is 1. The summed E-state index contributed by atoms with van der Waals surface area (Å²) in [5.74, 6) is 0. The molecule has 0 radical (unpaired) electrons. The first-order valence-corrected chi connectivity index (χ1v) is 6.09. The summed E-state index contributed by atoms with van der Waals surface area (Å²) in [4.78, 5) is 4.46. The Morgan fingerprint density at radius 1 is 1.22 bits per heavy atom. The van der Waals surface area contributed by atoms with Crippen LogP contribution in [-0.4, -0.2) is 20.5 Å². The number of aromatic nitrogens is 3. The number of imidazole rings is 1. The van der Waals surface area contributed by atoms with Crippen LogP contribution in [0.5, 0.6) is 0 Å². The summed E-state index contributed by atoms with van der Waals surface area (Å²) in [6.45, 7) is 3.53. The number of fused-ring (bicyclic) bond motifs is 1. The van der Waals surface area contributed by atoms with Crippen LogP contribution >= 0.6 is 0 Å². The highest BCUT2D eigenvalue weighted by Gasteiger charge is 2.08. The fourth-order valence-corrected chi connectivity index (χ4v) is 2.30. The maximum atomic E-state index is 5.55. The largest absolute Gasteiger partial charge is 0.336 e. The number of rotatable bonds is 3. The Labute approximate surface area is 106 Å². The van der Waals surface area contributed by atoms with Crippen LogP contribution < -0.4 is 5.73 Å². The fraction of sp³-hybridized carbons (Fsp3) is 0.214. The van der Waals surface area contributed by atoms with Gasteiger partial charge >= 0.3 is 0 Å². The van der Waals surface area contributed by atoms with Gasteiger partial charge in [0, 0.05) is 30.5 Å². The molecular weight excluding hydrogens is 224 g/mol. The van der Waals surface area contributed by atoms with E-state index in [4.69, 9.17) is 5.73 Å². The molecule has 0 fully saturated rings. The van der Waals surface area contributed by atoms with Crippen LogP contribution in [0.3, 0.4) is 0 Å².